The van der Waals surface area contributed by atoms with Gasteiger partial charge in [0, 0.05) is 31.6 Å². The molecule has 0 saturated carbocycles. The lowest BCUT2D eigenvalue weighted by atomic mass is 10.2. The zero-order chi connectivity index (χ0) is 19.7. The van der Waals surface area contributed by atoms with Gasteiger partial charge in [0.25, 0.3) is 5.56 Å². The van der Waals surface area contributed by atoms with Gasteiger partial charge in [0.15, 0.2) is 0 Å². The summed E-state index contributed by atoms with van der Waals surface area (Å²) in [5.74, 6) is -0.0833. The standard InChI is InChI=1S/C19H22FN5O3/c1-13-22-24(12-18(26)21-4-5-23-6-8-28-9-7-23)19(27)17-11-14-10-15(20)2-3-16(14)25(13)17/h2-3,10-11H,4-9,12H2,1H3,(H,21,26). The van der Waals surface area contributed by atoms with Gasteiger partial charge in [0.05, 0.1) is 18.7 Å². The van der Waals surface area contributed by atoms with Crippen LogP contribution in [0.25, 0.3) is 16.4 Å². The molecule has 0 atom stereocenters. The molecule has 0 bridgehead atoms. The number of aromatic nitrogens is 3. The van der Waals surface area contributed by atoms with Crippen LogP contribution in [0.4, 0.5) is 4.39 Å². The van der Waals surface area contributed by atoms with Crippen molar-refractivity contribution in [2.75, 3.05) is 39.4 Å². The van der Waals surface area contributed by atoms with Crippen molar-refractivity contribution in [1.29, 1.82) is 0 Å². The lowest BCUT2D eigenvalue weighted by Crippen LogP contribution is -2.42. The van der Waals surface area contributed by atoms with Crippen molar-refractivity contribution < 1.29 is 13.9 Å². The summed E-state index contributed by atoms with van der Waals surface area (Å²) in [6.07, 6.45) is 0. The Morgan fingerprint density at radius 2 is 2.04 bits per heavy atom. The van der Waals surface area contributed by atoms with Gasteiger partial charge in [-0.25, -0.2) is 9.07 Å². The molecule has 1 aliphatic rings. The highest BCUT2D eigenvalue weighted by atomic mass is 19.1. The minimum Gasteiger partial charge on any atom is -0.379 e. The van der Waals surface area contributed by atoms with E-state index in [2.05, 4.69) is 15.3 Å². The third-order valence-electron chi connectivity index (χ3n) is 4.95. The molecule has 8 nitrogen and oxygen atoms in total. The van der Waals surface area contributed by atoms with E-state index in [-0.39, 0.29) is 23.8 Å². The molecule has 3 aromatic rings. The van der Waals surface area contributed by atoms with Crippen LogP contribution >= 0.6 is 0 Å². The molecule has 1 fully saturated rings. The van der Waals surface area contributed by atoms with Crippen molar-refractivity contribution in [3.8, 4) is 0 Å². The molecule has 2 aromatic heterocycles. The summed E-state index contributed by atoms with van der Waals surface area (Å²) in [5, 5.41) is 7.72. The first-order valence-electron chi connectivity index (χ1n) is 9.28. The molecule has 3 heterocycles. The SMILES string of the molecule is Cc1nn(CC(=O)NCCN2CCOCC2)c(=O)c2cc3cc(F)ccc3n12. The van der Waals surface area contributed by atoms with E-state index in [0.29, 0.717) is 42.0 Å². The van der Waals surface area contributed by atoms with Gasteiger partial charge in [-0.15, -0.1) is 0 Å². The normalized spacial score (nSPS) is 15.4. The number of carbonyl (C=O) groups is 1. The smallest absolute Gasteiger partial charge is 0.291 e. The summed E-state index contributed by atoms with van der Waals surface area (Å²) < 4.78 is 21.6. The van der Waals surface area contributed by atoms with Crippen LogP contribution in [0.2, 0.25) is 0 Å². The average Bonchev–Trinajstić information content (AvgIpc) is 3.06. The lowest BCUT2D eigenvalue weighted by Gasteiger charge is -2.26. The van der Waals surface area contributed by atoms with Crippen LogP contribution in [-0.4, -0.2) is 64.4 Å². The topological polar surface area (TPSA) is 80.9 Å². The number of benzene rings is 1. The Morgan fingerprint density at radius 1 is 1.25 bits per heavy atom. The largest absolute Gasteiger partial charge is 0.379 e. The second kappa shape index (κ2) is 7.69. The Kier molecular flexibility index (Phi) is 5.10. The first kappa shape index (κ1) is 18.6. The molecular formula is C19H22FN5O3. The zero-order valence-corrected chi connectivity index (χ0v) is 15.7. The van der Waals surface area contributed by atoms with Crippen molar-refractivity contribution in [3.63, 3.8) is 0 Å². The van der Waals surface area contributed by atoms with E-state index in [1.807, 2.05) is 0 Å². The van der Waals surface area contributed by atoms with E-state index < -0.39 is 0 Å². The fourth-order valence-electron chi connectivity index (χ4n) is 3.57. The second-order valence-electron chi connectivity index (χ2n) is 6.88. The number of aryl methyl sites for hydroxylation is 1. The highest BCUT2D eigenvalue weighted by Gasteiger charge is 2.15. The molecule has 1 aliphatic heterocycles. The quantitative estimate of drug-likeness (QED) is 0.691. The third kappa shape index (κ3) is 3.63. The highest BCUT2D eigenvalue weighted by molar-refractivity contribution is 5.87. The van der Waals surface area contributed by atoms with Gasteiger partial charge in [-0.2, -0.15) is 5.10 Å². The molecule has 0 radical (unpaired) electrons. The Labute approximate surface area is 160 Å². The number of halogens is 1. The molecule has 1 amide bonds. The summed E-state index contributed by atoms with van der Waals surface area (Å²) in [4.78, 5) is 27.3. The maximum Gasteiger partial charge on any atom is 0.291 e. The van der Waals surface area contributed by atoms with E-state index in [9.17, 15) is 14.0 Å². The highest BCUT2D eigenvalue weighted by Crippen LogP contribution is 2.20. The monoisotopic (exact) mass is 387 g/mol. The number of ether oxygens (including phenoxy) is 1. The average molecular weight is 387 g/mol. The molecule has 4 rings (SSSR count). The number of nitrogens with one attached hydrogen (secondary N) is 1. The second-order valence-corrected chi connectivity index (χ2v) is 6.88. The fraction of sp³-hybridized carbons (Fsp3) is 0.421. The predicted molar refractivity (Wildman–Crippen MR) is 102 cm³/mol. The number of morpholine rings is 1. The van der Waals surface area contributed by atoms with Crippen LogP contribution < -0.4 is 10.9 Å². The van der Waals surface area contributed by atoms with Gasteiger partial charge >= 0.3 is 0 Å². The van der Waals surface area contributed by atoms with Gasteiger partial charge in [0.1, 0.15) is 23.7 Å². The number of hydrogen-bond donors (Lipinski definition) is 1. The first-order valence-corrected chi connectivity index (χ1v) is 9.28. The molecular weight excluding hydrogens is 365 g/mol. The fourth-order valence-corrected chi connectivity index (χ4v) is 3.57. The third-order valence-corrected chi connectivity index (χ3v) is 4.95. The van der Waals surface area contributed by atoms with E-state index >= 15 is 0 Å². The van der Waals surface area contributed by atoms with Crippen LogP contribution in [0.5, 0.6) is 0 Å². The molecule has 0 unspecified atom stereocenters. The van der Waals surface area contributed by atoms with Gasteiger partial charge in [-0.1, -0.05) is 0 Å². The Morgan fingerprint density at radius 3 is 2.82 bits per heavy atom. The van der Waals surface area contributed by atoms with Crippen LogP contribution in [0.3, 0.4) is 0 Å². The van der Waals surface area contributed by atoms with Crippen LogP contribution in [0, 0.1) is 12.7 Å². The Balaban J connectivity index is 1.50. The first-order chi connectivity index (χ1) is 13.5. The molecule has 148 valence electrons. The van der Waals surface area contributed by atoms with Gasteiger partial charge in [0.2, 0.25) is 5.91 Å². The van der Waals surface area contributed by atoms with Crippen molar-refractivity contribution in [1.82, 2.24) is 24.4 Å². The summed E-state index contributed by atoms with van der Waals surface area (Å²) in [5.41, 5.74) is 0.695. The summed E-state index contributed by atoms with van der Waals surface area (Å²) in [7, 11) is 0. The number of fused-ring (bicyclic) bond motifs is 3. The number of carbonyl (C=O) groups excluding carboxylic acids is 1. The molecule has 1 saturated heterocycles. The van der Waals surface area contributed by atoms with E-state index in [0.717, 1.165) is 24.3 Å². The van der Waals surface area contributed by atoms with E-state index in [1.165, 1.54) is 12.1 Å². The van der Waals surface area contributed by atoms with Gasteiger partial charge < -0.3 is 10.1 Å². The van der Waals surface area contributed by atoms with Crippen LogP contribution in [0.1, 0.15) is 5.82 Å². The maximum atomic E-state index is 13.5. The van der Waals surface area contributed by atoms with Crippen LogP contribution in [-0.2, 0) is 16.1 Å². The van der Waals surface area contributed by atoms with Gasteiger partial charge in [-0.3, -0.25) is 18.9 Å². The van der Waals surface area contributed by atoms with Gasteiger partial charge in [-0.05, 0) is 31.2 Å². The molecule has 0 spiro atoms. The predicted octanol–water partition coefficient (Wildman–Crippen LogP) is 0.545. The number of amides is 1. The van der Waals surface area contributed by atoms with E-state index in [1.54, 1.807) is 23.5 Å². The molecule has 28 heavy (non-hydrogen) atoms. The summed E-state index contributed by atoms with van der Waals surface area (Å²) >= 11 is 0. The molecule has 9 heteroatoms. The summed E-state index contributed by atoms with van der Waals surface area (Å²) in [6.45, 7) is 5.97. The number of rotatable bonds is 5. The zero-order valence-electron chi connectivity index (χ0n) is 15.7. The van der Waals surface area contributed by atoms with Crippen molar-refractivity contribution in [2.24, 2.45) is 0 Å². The Bertz CT molecular complexity index is 1080. The molecule has 0 aliphatic carbocycles. The maximum absolute atomic E-state index is 13.5. The number of hydrogen-bond acceptors (Lipinski definition) is 5. The lowest BCUT2D eigenvalue weighted by molar-refractivity contribution is -0.122. The van der Waals surface area contributed by atoms with Crippen molar-refractivity contribution in [3.05, 3.63) is 46.3 Å². The van der Waals surface area contributed by atoms with Crippen LogP contribution in [0.15, 0.2) is 29.1 Å². The minimum atomic E-state index is -0.384. The van der Waals surface area contributed by atoms with Crippen molar-refractivity contribution in [2.45, 2.75) is 13.5 Å². The molecule has 1 aromatic carbocycles. The number of nitrogens with zero attached hydrogens (tertiary/aromatic N) is 4. The minimum absolute atomic E-state index is 0.158. The molecule has 1 N–H and O–H groups in total. The van der Waals surface area contributed by atoms with Crippen molar-refractivity contribution >= 4 is 22.3 Å². The van der Waals surface area contributed by atoms with E-state index in [4.69, 9.17) is 4.74 Å². The summed E-state index contributed by atoms with van der Waals surface area (Å²) in [6, 6.07) is 5.97. The Hall–Kier alpha value is -2.78.